The second-order valence-electron chi connectivity index (χ2n) is 6.88. The minimum absolute atomic E-state index is 0.140. The van der Waals surface area contributed by atoms with E-state index in [1.165, 1.54) is 6.92 Å². The number of rotatable bonds is 7. The SMILES string of the molecule is CC(=O)OCC1OC(n2nnc3nnn(COC(C)=O)c3c2=O)C(OC(C)=O)C1OC(C)=O. The molecule has 4 atom stereocenters. The van der Waals surface area contributed by atoms with Gasteiger partial charge in [-0.15, -0.1) is 10.2 Å². The molecule has 3 heterocycles. The van der Waals surface area contributed by atoms with E-state index in [9.17, 15) is 24.0 Å². The molecule has 1 aliphatic heterocycles. The summed E-state index contributed by atoms with van der Waals surface area (Å²) in [6, 6.07) is 0. The first-order valence-corrected chi connectivity index (χ1v) is 9.53. The Hall–Kier alpha value is -3.95. The smallest absolute Gasteiger partial charge is 0.304 e. The molecule has 0 spiro atoms. The Labute approximate surface area is 184 Å². The molecule has 2 aromatic heterocycles. The molecule has 0 amide bonds. The van der Waals surface area contributed by atoms with Crippen LogP contribution in [0.5, 0.6) is 0 Å². The summed E-state index contributed by atoms with van der Waals surface area (Å²) in [6.07, 6.45) is -5.08. The van der Waals surface area contributed by atoms with Crippen LogP contribution in [0, 0.1) is 0 Å². The predicted octanol–water partition coefficient (Wildman–Crippen LogP) is -1.77. The van der Waals surface area contributed by atoms with Crippen molar-refractivity contribution in [3.05, 3.63) is 10.4 Å². The van der Waals surface area contributed by atoms with Crippen molar-refractivity contribution in [2.24, 2.45) is 0 Å². The Morgan fingerprint density at radius 2 is 1.48 bits per heavy atom. The number of aromatic nitrogens is 6. The number of ether oxygens (including phenoxy) is 5. The number of esters is 4. The lowest BCUT2D eigenvalue weighted by molar-refractivity contribution is -0.166. The van der Waals surface area contributed by atoms with Gasteiger partial charge in [0, 0.05) is 27.7 Å². The average Bonchev–Trinajstić information content (AvgIpc) is 3.27. The van der Waals surface area contributed by atoms with Crippen LogP contribution >= 0.6 is 0 Å². The van der Waals surface area contributed by atoms with Gasteiger partial charge in [-0.05, 0) is 0 Å². The van der Waals surface area contributed by atoms with Gasteiger partial charge < -0.3 is 23.7 Å². The molecule has 1 aliphatic rings. The molecule has 0 bridgehead atoms. The molecular formula is C17H20N6O10. The summed E-state index contributed by atoms with van der Waals surface area (Å²) >= 11 is 0. The van der Waals surface area contributed by atoms with E-state index in [4.69, 9.17) is 23.7 Å². The van der Waals surface area contributed by atoms with Crippen LogP contribution in [0.3, 0.4) is 0 Å². The third-order valence-corrected chi connectivity index (χ3v) is 4.34. The number of carbonyl (C=O) groups excluding carboxylic acids is 4. The number of hydrogen-bond acceptors (Lipinski definition) is 14. The highest BCUT2D eigenvalue weighted by Crippen LogP contribution is 2.33. The fourth-order valence-corrected chi connectivity index (χ4v) is 3.12. The molecular weight excluding hydrogens is 448 g/mol. The van der Waals surface area contributed by atoms with E-state index in [0.29, 0.717) is 0 Å². The summed E-state index contributed by atoms with van der Waals surface area (Å²) in [5, 5.41) is 15.0. The lowest BCUT2D eigenvalue weighted by Crippen LogP contribution is -2.42. The number of nitrogens with zero attached hydrogens (tertiary/aromatic N) is 6. The van der Waals surface area contributed by atoms with Gasteiger partial charge in [0.15, 0.2) is 30.7 Å². The van der Waals surface area contributed by atoms with E-state index in [0.717, 1.165) is 30.1 Å². The lowest BCUT2D eigenvalue weighted by atomic mass is 10.1. The van der Waals surface area contributed by atoms with E-state index in [2.05, 4.69) is 20.6 Å². The molecule has 16 heteroatoms. The van der Waals surface area contributed by atoms with Gasteiger partial charge in [-0.2, -0.15) is 4.68 Å². The van der Waals surface area contributed by atoms with Crippen molar-refractivity contribution in [3.63, 3.8) is 0 Å². The molecule has 1 fully saturated rings. The highest BCUT2D eigenvalue weighted by Gasteiger charge is 2.51. The topological polar surface area (TPSA) is 193 Å². The fourth-order valence-electron chi connectivity index (χ4n) is 3.12. The van der Waals surface area contributed by atoms with Crippen molar-refractivity contribution < 1.29 is 42.9 Å². The maximum Gasteiger partial charge on any atom is 0.304 e. The summed E-state index contributed by atoms with van der Waals surface area (Å²) in [4.78, 5) is 58.9. The van der Waals surface area contributed by atoms with E-state index in [1.54, 1.807) is 0 Å². The molecule has 178 valence electrons. The Bertz CT molecular complexity index is 1140. The van der Waals surface area contributed by atoms with Gasteiger partial charge in [0.25, 0.3) is 5.56 Å². The monoisotopic (exact) mass is 468 g/mol. The molecule has 0 aromatic carbocycles. The number of carbonyl (C=O) groups is 4. The van der Waals surface area contributed by atoms with Gasteiger partial charge in [0.05, 0.1) is 0 Å². The van der Waals surface area contributed by atoms with Crippen LogP contribution in [-0.4, -0.2) is 78.8 Å². The van der Waals surface area contributed by atoms with E-state index in [-0.39, 0.29) is 17.8 Å². The first kappa shape index (κ1) is 23.7. The highest BCUT2D eigenvalue weighted by molar-refractivity contribution is 5.69. The highest BCUT2D eigenvalue weighted by atomic mass is 16.7. The first-order chi connectivity index (χ1) is 15.6. The Morgan fingerprint density at radius 1 is 0.879 bits per heavy atom. The minimum Gasteiger partial charge on any atom is -0.463 e. The van der Waals surface area contributed by atoms with E-state index >= 15 is 0 Å². The predicted molar refractivity (Wildman–Crippen MR) is 101 cm³/mol. The molecule has 0 radical (unpaired) electrons. The van der Waals surface area contributed by atoms with E-state index < -0.39 is 60.7 Å². The maximum atomic E-state index is 13.2. The van der Waals surface area contributed by atoms with Crippen LogP contribution < -0.4 is 5.56 Å². The summed E-state index contributed by atoms with van der Waals surface area (Å²) in [5.74, 6) is -2.74. The van der Waals surface area contributed by atoms with Crippen LogP contribution in [0.15, 0.2) is 4.79 Å². The zero-order valence-corrected chi connectivity index (χ0v) is 18.0. The number of hydrogen-bond donors (Lipinski definition) is 0. The summed E-state index contributed by atoms with van der Waals surface area (Å²) in [5.41, 5.74) is -1.14. The summed E-state index contributed by atoms with van der Waals surface area (Å²) in [7, 11) is 0. The molecule has 0 saturated carbocycles. The van der Waals surface area contributed by atoms with Gasteiger partial charge in [0.1, 0.15) is 12.7 Å². The van der Waals surface area contributed by atoms with Gasteiger partial charge in [0.2, 0.25) is 5.65 Å². The summed E-state index contributed by atoms with van der Waals surface area (Å²) in [6.45, 7) is 3.79. The second kappa shape index (κ2) is 9.68. The van der Waals surface area contributed by atoms with Crippen molar-refractivity contribution in [2.45, 2.75) is 59.0 Å². The van der Waals surface area contributed by atoms with Gasteiger partial charge in [-0.25, -0.2) is 4.68 Å². The van der Waals surface area contributed by atoms with Gasteiger partial charge in [-0.3, -0.25) is 24.0 Å². The quantitative estimate of drug-likeness (QED) is 0.327. The molecule has 3 rings (SSSR count). The van der Waals surface area contributed by atoms with Crippen LogP contribution in [0.1, 0.15) is 33.9 Å². The van der Waals surface area contributed by atoms with Crippen molar-refractivity contribution in [3.8, 4) is 0 Å². The Balaban J connectivity index is 2.04. The van der Waals surface area contributed by atoms with Crippen LogP contribution in [0.4, 0.5) is 0 Å². The molecule has 4 unspecified atom stereocenters. The third-order valence-electron chi connectivity index (χ3n) is 4.34. The third kappa shape index (κ3) is 5.28. The molecule has 33 heavy (non-hydrogen) atoms. The zero-order valence-electron chi connectivity index (χ0n) is 18.0. The van der Waals surface area contributed by atoms with Gasteiger partial charge >= 0.3 is 23.9 Å². The van der Waals surface area contributed by atoms with Crippen molar-refractivity contribution in [1.82, 2.24) is 30.0 Å². The van der Waals surface area contributed by atoms with Crippen molar-refractivity contribution in [2.75, 3.05) is 6.61 Å². The van der Waals surface area contributed by atoms with Crippen molar-refractivity contribution in [1.29, 1.82) is 0 Å². The van der Waals surface area contributed by atoms with Gasteiger partial charge in [-0.1, -0.05) is 10.4 Å². The first-order valence-electron chi connectivity index (χ1n) is 9.53. The zero-order chi connectivity index (χ0) is 24.3. The molecule has 0 aliphatic carbocycles. The molecule has 0 N–H and O–H groups in total. The fraction of sp³-hybridized carbons (Fsp3) is 0.588. The Morgan fingerprint density at radius 3 is 2.09 bits per heavy atom. The maximum absolute atomic E-state index is 13.2. The second-order valence-corrected chi connectivity index (χ2v) is 6.88. The minimum atomic E-state index is -1.42. The average molecular weight is 468 g/mol. The van der Waals surface area contributed by atoms with Crippen LogP contribution in [-0.2, 0) is 49.6 Å². The summed E-state index contributed by atoms with van der Waals surface area (Å²) < 4.78 is 27.8. The van der Waals surface area contributed by atoms with Crippen molar-refractivity contribution >= 4 is 35.0 Å². The largest absolute Gasteiger partial charge is 0.463 e. The molecule has 16 nitrogen and oxygen atoms in total. The van der Waals surface area contributed by atoms with E-state index in [1.807, 2.05) is 0 Å². The molecule has 1 saturated heterocycles. The lowest BCUT2D eigenvalue weighted by Gasteiger charge is -2.23. The number of fused-ring (bicyclic) bond motifs is 1. The Kier molecular flexibility index (Phi) is 6.95. The standard InChI is InChI=1S/C17H20N6O10/c1-7(24)29-5-11-13(31-9(3)26)14(32-10(4)27)17(33-11)23-16(28)12-15(19-21-23)18-20-22(12)6-30-8(2)25/h11,13-14,17H,5-6H2,1-4H3. The van der Waals surface area contributed by atoms with Crippen LogP contribution in [0.25, 0.3) is 11.2 Å². The van der Waals surface area contributed by atoms with Crippen LogP contribution in [0.2, 0.25) is 0 Å². The normalized spacial score (nSPS) is 22.1. The molecule has 2 aromatic rings.